The molecule has 0 aromatic heterocycles. The lowest BCUT2D eigenvalue weighted by molar-refractivity contribution is -0.136. The number of aliphatic carboxylic acids is 1. The molecule has 2 rings (SSSR count). The fourth-order valence-corrected chi connectivity index (χ4v) is 2.64. The van der Waals surface area contributed by atoms with Gasteiger partial charge in [0.05, 0.1) is 12.0 Å². The van der Waals surface area contributed by atoms with Gasteiger partial charge in [0.2, 0.25) is 0 Å². The van der Waals surface area contributed by atoms with Crippen LogP contribution in [0.5, 0.6) is 0 Å². The summed E-state index contributed by atoms with van der Waals surface area (Å²) in [6.07, 6.45) is 1.71. The monoisotopic (exact) mass is 248 g/mol. The van der Waals surface area contributed by atoms with E-state index in [-0.39, 0.29) is 11.8 Å². The molecule has 1 atom stereocenters. The molecule has 0 saturated carbocycles. The van der Waals surface area contributed by atoms with E-state index in [4.69, 9.17) is 5.11 Å². The molecule has 0 bridgehead atoms. The fraction of sp³-hybridized carbons (Fsp3) is 0.533. The van der Waals surface area contributed by atoms with E-state index in [1.54, 1.807) is 0 Å². The number of hydrogen-bond acceptors (Lipinski definition) is 2. The van der Waals surface area contributed by atoms with Crippen LogP contribution in [0.3, 0.4) is 0 Å². The number of carboxylic acid groups (broad SMARTS) is 1. The van der Waals surface area contributed by atoms with Crippen LogP contribution in [0.4, 0.5) is 0 Å². The van der Waals surface area contributed by atoms with Crippen LogP contribution in [0.1, 0.15) is 37.5 Å². The Morgan fingerprint density at radius 3 is 2.50 bits per heavy atom. The molecule has 18 heavy (non-hydrogen) atoms. The second kappa shape index (κ2) is 4.09. The highest BCUT2D eigenvalue weighted by atomic mass is 16.4. The van der Waals surface area contributed by atoms with Crippen LogP contribution in [0.2, 0.25) is 0 Å². The minimum atomic E-state index is -0.807. The number of hydrogen-bond donors (Lipinski definition) is 2. The van der Waals surface area contributed by atoms with Gasteiger partial charge >= 0.3 is 5.97 Å². The fourth-order valence-electron chi connectivity index (χ4n) is 2.64. The Balaban J connectivity index is 2.28. The van der Waals surface area contributed by atoms with E-state index >= 15 is 0 Å². The molecular formula is C15H20O3. The van der Waals surface area contributed by atoms with E-state index in [1.165, 1.54) is 11.1 Å². The smallest absolute Gasteiger partial charge is 0.307 e. The molecule has 0 heterocycles. The number of benzene rings is 1. The molecule has 0 amide bonds. The summed E-state index contributed by atoms with van der Waals surface area (Å²) in [6.45, 7) is 5.78. The average Bonchev–Trinajstić information content (AvgIpc) is 2.53. The summed E-state index contributed by atoms with van der Waals surface area (Å²) in [5.74, 6) is -0.807. The molecule has 1 aromatic carbocycles. The van der Waals surface area contributed by atoms with Crippen LogP contribution in [0.25, 0.3) is 0 Å². The van der Waals surface area contributed by atoms with Crippen LogP contribution in [-0.2, 0) is 24.1 Å². The highest BCUT2D eigenvalue weighted by molar-refractivity contribution is 5.70. The molecule has 3 nitrogen and oxygen atoms in total. The number of aliphatic hydroxyl groups is 1. The Labute approximate surface area is 107 Å². The second-order valence-electron chi connectivity index (χ2n) is 6.15. The van der Waals surface area contributed by atoms with E-state index < -0.39 is 11.6 Å². The van der Waals surface area contributed by atoms with Crippen molar-refractivity contribution < 1.29 is 15.0 Å². The molecule has 0 aliphatic heterocycles. The molecular weight excluding hydrogens is 228 g/mol. The Hall–Kier alpha value is -1.35. The van der Waals surface area contributed by atoms with Crippen LogP contribution in [0, 0.1) is 5.41 Å². The number of carbonyl (C=O) groups is 1. The molecule has 1 aliphatic rings. The van der Waals surface area contributed by atoms with Crippen molar-refractivity contribution in [1.29, 1.82) is 0 Å². The lowest BCUT2D eigenvalue weighted by Crippen LogP contribution is -2.41. The first-order valence-electron chi connectivity index (χ1n) is 6.26. The van der Waals surface area contributed by atoms with Gasteiger partial charge in [-0.2, -0.15) is 0 Å². The van der Waals surface area contributed by atoms with Gasteiger partial charge in [-0.1, -0.05) is 25.1 Å². The van der Waals surface area contributed by atoms with Crippen LogP contribution in [0.15, 0.2) is 18.2 Å². The maximum atomic E-state index is 10.7. The molecule has 0 fully saturated rings. The van der Waals surface area contributed by atoms with Gasteiger partial charge in [-0.3, -0.25) is 4.79 Å². The number of carboxylic acids is 1. The van der Waals surface area contributed by atoms with E-state index in [0.717, 1.165) is 18.4 Å². The first-order chi connectivity index (χ1) is 8.21. The van der Waals surface area contributed by atoms with E-state index in [0.29, 0.717) is 0 Å². The van der Waals surface area contributed by atoms with Gasteiger partial charge in [0, 0.05) is 5.41 Å². The van der Waals surface area contributed by atoms with Crippen molar-refractivity contribution in [2.45, 2.75) is 45.6 Å². The van der Waals surface area contributed by atoms with Gasteiger partial charge < -0.3 is 10.2 Å². The van der Waals surface area contributed by atoms with Gasteiger partial charge in [0.15, 0.2) is 0 Å². The number of fused-ring (bicyclic) bond motifs is 1. The Morgan fingerprint density at radius 2 is 1.94 bits per heavy atom. The number of rotatable bonds is 3. The van der Waals surface area contributed by atoms with Crippen molar-refractivity contribution in [3.8, 4) is 0 Å². The minimum Gasteiger partial charge on any atom is -0.481 e. The van der Waals surface area contributed by atoms with Crippen molar-refractivity contribution in [1.82, 2.24) is 0 Å². The predicted octanol–water partition coefficient (Wildman–Crippen LogP) is 2.19. The summed E-state index contributed by atoms with van der Waals surface area (Å²) in [5.41, 5.74) is 2.34. The molecule has 3 heteroatoms. The maximum Gasteiger partial charge on any atom is 0.307 e. The van der Waals surface area contributed by atoms with E-state index in [1.807, 2.05) is 32.0 Å². The van der Waals surface area contributed by atoms with Crippen molar-refractivity contribution in [2.24, 2.45) is 5.41 Å². The van der Waals surface area contributed by atoms with Gasteiger partial charge in [-0.15, -0.1) is 0 Å². The van der Waals surface area contributed by atoms with Crippen molar-refractivity contribution in [3.05, 3.63) is 34.9 Å². The molecule has 1 aromatic rings. The Bertz CT molecular complexity index is 485. The highest BCUT2D eigenvalue weighted by Gasteiger charge is 2.43. The van der Waals surface area contributed by atoms with Gasteiger partial charge in [-0.25, -0.2) is 0 Å². The first-order valence-corrected chi connectivity index (χ1v) is 6.26. The third-order valence-electron chi connectivity index (χ3n) is 4.26. The van der Waals surface area contributed by atoms with Crippen molar-refractivity contribution in [3.63, 3.8) is 0 Å². The summed E-state index contributed by atoms with van der Waals surface area (Å²) in [4.78, 5) is 10.7. The average molecular weight is 248 g/mol. The van der Waals surface area contributed by atoms with Gasteiger partial charge in [-0.05, 0) is 43.4 Å². The Kier molecular flexibility index (Phi) is 2.98. The molecule has 1 unspecified atom stereocenters. The van der Waals surface area contributed by atoms with Crippen molar-refractivity contribution in [2.75, 3.05) is 0 Å². The third kappa shape index (κ3) is 2.27. The van der Waals surface area contributed by atoms with Crippen LogP contribution in [-0.4, -0.2) is 21.8 Å². The standard InChI is InChI=1S/C15H20O3/c1-14(2,18)15(3)8-11-5-4-10(7-13(16)17)6-12(11)9-15/h4-6,18H,7-9H2,1-3H3,(H,16,17). The molecule has 98 valence electrons. The maximum absolute atomic E-state index is 10.7. The predicted molar refractivity (Wildman–Crippen MR) is 69.6 cm³/mol. The quantitative estimate of drug-likeness (QED) is 0.862. The molecule has 2 N–H and O–H groups in total. The summed E-state index contributed by atoms with van der Waals surface area (Å²) < 4.78 is 0. The molecule has 1 aliphatic carbocycles. The SMILES string of the molecule is CC(C)(O)C1(C)Cc2ccc(CC(=O)O)cc2C1. The molecule has 0 radical (unpaired) electrons. The Morgan fingerprint density at radius 1 is 1.33 bits per heavy atom. The highest BCUT2D eigenvalue weighted by Crippen LogP contribution is 2.44. The summed E-state index contributed by atoms with van der Waals surface area (Å²) in [7, 11) is 0. The summed E-state index contributed by atoms with van der Waals surface area (Å²) >= 11 is 0. The van der Waals surface area contributed by atoms with Gasteiger partial charge in [0.1, 0.15) is 0 Å². The first kappa shape index (κ1) is 13.1. The van der Waals surface area contributed by atoms with Crippen LogP contribution < -0.4 is 0 Å². The zero-order chi connectivity index (χ0) is 13.6. The lowest BCUT2D eigenvalue weighted by Gasteiger charge is -2.37. The normalized spacial score (nSPS) is 22.9. The zero-order valence-corrected chi connectivity index (χ0v) is 11.2. The zero-order valence-electron chi connectivity index (χ0n) is 11.2. The lowest BCUT2D eigenvalue weighted by atomic mass is 9.73. The molecule has 0 spiro atoms. The van der Waals surface area contributed by atoms with Gasteiger partial charge in [0.25, 0.3) is 0 Å². The topological polar surface area (TPSA) is 57.5 Å². The largest absolute Gasteiger partial charge is 0.481 e. The minimum absolute atomic E-state index is 0.0620. The molecule has 0 saturated heterocycles. The van der Waals surface area contributed by atoms with Crippen molar-refractivity contribution >= 4 is 5.97 Å². The second-order valence-corrected chi connectivity index (χ2v) is 6.15. The third-order valence-corrected chi connectivity index (χ3v) is 4.26. The van der Waals surface area contributed by atoms with E-state index in [9.17, 15) is 9.90 Å². The summed E-state index contributed by atoms with van der Waals surface area (Å²) in [5, 5.41) is 19.1. The van der Waals surface area contributed by atoms with Crippen LogP contribution >= 0.6 is 0 Å². The van der Waals surface area contributed by atoms with E-state index in [2.05, 4.69) is 6.92 Å². The summed E-state index contributed by atoms with van der Waals surface area (Å²) in [6, 6.07) is 5.86.